The van der Waals surface area contributed by atoms with Crippen molar-refractivity contribution >= 4 is 0 Å². The Hall–Kier alpha value is -0.820. The van der Waals surface area contributed by atoms with Crippen LogP contribution in [0.4, 0.5) is 0 Å². The van der Waals surface area contributed by atoms with Gasteiger partial charge in [0.1, 0.15) is 6.54 Å². The van der Waals surface area contributed by atoms with E-state index in [1.165, 1.54) is 60.2 Å². The number of nitrogens with one attached hydrogen (secondary N) is 1. The molecule has 1 aromatic carbocycles. The van der Waals surface area contributed by atoms with E-state index in [1.807, 2.05) is 0 Å². The van der Waals surface area contributed by atoms with Crippen molar-refractivity contribution in [1.82, 2.24) is 0 Å². The maximum absolute atomic E-state index is 2.42. The van der Waals surface area contributed by atoms with Crippen molar-refractivity contribution in [3.05, 3.63) is 33.4 Å². The Bertz CT molecular complexity index is 444. The Morgan fingerprint density at radius 2 is 1.37 bits per heavy atom. The first-order valence-electron chi connectivity index (χ1n) is 7.83. The zero-order valence-electron chi connectivity index (χ0n) is 13.6. The summed E-state index contributed by atoms with van der Waals surface area (Å²) >= 11 is 0. The molecule has 1 aliphatic rings. The SMILES string of the molecule is Cc1c(C)c(C)c(C[NH+]2CCCC[C@H]2C)c(C)c1C. The summed E-state index contributed by atoms with van der Waals surface area (Å²) in [6.45, 7) is 16.5. The van der Waals surface area contributed by atoms with Crippen molar-refractivity contribution in [2.24, 2.45) is 0 Å². The second kappa shape index (κ2) is 5.66. The van der Waals surface area contributed by atoms with Gasteiger partial charge in [0.25, 0.3) is 0 Å². The Balaban J connectivity index is 2.34. The highest BCUT2D eigenvalue weighted by Gasteiger charge is 2.24. The van der Waals surface area contributed by atoms with Crippen molar-refractivity contribution in [1.29, 1.82) is 0 Å². The van der Waals surface area contributed by atoms with Gasteiger partial charge in [-0.1, -0.05) is 0 Å². The summed E-state index contributed by atoms with van der Waals surface area (Å²) in [5.74, 6) is 0. The number of likely N-dealkylation sites (tertiary alicyclic amines) is 1. The van der Waals surface area contributed by atoms with Crippen LogP contribution in [-0.2, 0) is 6.54 Å². The van der Waals surface area contributed by atoms with Gasteiger partial charge in [0.05, 0.1) is 12.6 Å². The van der Waals surface area contributed by atoms with Crippen molar-refractivity contribution in [3.63, 3.8) is 0 Å². The number of piperidine rings is 1. The third-order valence-corrected chi connectivity index (χ3v) is 5.64. The molecule has 1 nitrogen and oxygen atoms in total. The van der Waals surface area contributed by atoms with Crippen LogP contribution in [0.25, 0.3) is 0 Å². The first-order chi connectivity index (χ1) is 8.93. The van der Waals surface area contributed by atoms with E-state index in [9.17, 15) is 0 Å². The molecule has 0 bridgehead atoms. The van der Waals surface area contributed by atoms with E-state index < -0.39 is 0 Å². The topological polar surface area (TPSA) is 4.44 Å². The Morgan fingerprint density at radius 3 is 1.89 bits per heavy atom. The molecular weight excluding hydrogens is 230 g/mol. The van der Waals surface area contributed by atoms with Crippen molar-refractivity contribution in [3.8, 4) is 0 Å². The molecule has 1 unspecified atom stereocenters. The number of quaternary nitrogens is 1. The lowest BCUT2D eigenvalue weighted by atomic mass is 9.89. The molecule has 1 fully saturated rings. The van der Waals surface area contributed by atoms with E-state index in [0.29, 0.717) is 0 Å². The quantitative estimate of drug-likeness (QED) is 0.833. The molecule has 106 valence electrons. The van der Waals surface area contributed by atoms with E-state index in [2.05, 4.69) is 41.5 Å². The van der Waals surface area contributed by atoms with Gasteiger partial charge in [-0.3, -0.25) is 0 Å². The standard InChI is InChI=1S/C18H29N/c1-12-9-7-8-10-19(12)11-18-16(5)14(3)13(2)15(4)17(18)6/h12H,7-11H2,1-6H3/p+1/t12-/m1/s1. The van der Waals surface area contributed by atoms with Gasteiger partial charge in [-0.05, 0) is 88.6 Å². The van der Waals surface area contributed by atoms with Crippen LogP contribution in [0.2, 0.25) is 0 Å². The second-order valence-electron chi connectivity index (χ2n) is 6.59. The lowest BCUT2D eigenvalue weighted by Crippen LogP contribution is -3.15. The van der Waals surface area contributed by atoms with Crippen molar-refractivity contribution < 1.29 is 4.90 Å². The molecule has 0 radical (unpaired) electrons. The van der Waals surface area contributed by atoms with E-state index in [4.69, 9.17) is 0 Å². The predicted octanol–water partition coefficient (Wildman–Crippen LogP) is 3.19. The summed E-state index contributed by atoms with van der Waals surface area (Å²) in [5.41, 5.74) is 9.17. The van der Waals surface area contributed by atoms with Gasteiger partial charge in [0, 0.05) is 5.56 Å². The molecule has 0 amide bonds. The molecule has 19 heavy (non-hydrogen) atoms. The molecule has 0 aromatic heterocycles. The minimum atomic E-state index is 0.828. The Kier molecular flexibility index (Phi) is 4.35. The van der Waals surface area contributed by atoms with E-state index >= 15 is 0 Å². The summed E-state index contributed by atoms with van der Waals surface area (Å²) in [7, 11) is 0. The third-order valence-electron chi connectivity index (χ3n) is 5.64. The number of rotatable bonds is 2. The van der Waals surface area contributed by atoms with Gasteiger partial charge in [0.2, 0.25) is 0 Å². The summed E-state index contributed by atoms with van der Waals surface area (Å²) in [6.07, 6.45) is 4.23. The molecule has 1 aromatic rings. The van der Waals surface area contributed by atoms with Crippen LogP contribution < -0.4 is 4.90 Å². The van der Waals surface area contributed by atoms with Crippen LogP contribution in [0.1, 0.15) is 59.6 Å². The zero-order valence-corrected chi connectivity index (χ0v) is 13.6. The second-order valence-corrected chi connectivity index (χ2v) is 6.59. The van der Waals surface area contributed by atoms with E-state index in [0.717, 1.165) is 6.04 Å². The largest absolute Gasteiger partial charge is 0.329 e. The van der Waals surface area contributed by atoms with Crippen molar-refractivity contribution in [2.45, 2.75) is 73.4 Å². The average Bonchev–Trinajstić information content (AvgIpc) is 2.41. The van der Waals surface area contributed by atoms with Crippen LogP contribution in [0.3, 0.4) is 0 Å². The van der Waals surface area contributed by atoms with Gasteiger partial charge >= 0.3 is 0 Å². The lowest BCUT2D eigenvalue weighted by molar-refractivity contribution is -0.941. The maximum atomic E-state index is 2.42. The molecule has 1 heterocycles. The summed E-state index contributed by atoms with van der Waals surface area (Å²) in [6, 6.07) is 0.828. The number of hydrogen-bond acceptors (Lipinski definition) is 0. The fourth-order valence-corrected chi connectivity index (χ4v) is 3.59. The average molecular weight is 260 g/mol. The maximum Gasteiger partial charge on any atom is 0.104 e. The predicted molar refractivity (Wildman–Crippen MR) is 83.0 cm³/mol. The first-order valence-corrected chi connectivity index (χ1v) is 7.83. The molecule has 1 aliphatic heterocycles. The summed E-state index contributed by atoms with van der Waals surface area (Å²) in [5, 5.41) is 0. The number of hydrogen-bond donors (Lipinski definition) is 1. The van der Waals surface area contributed by atoms with Gasteiger partial charge in [0.15, 0.2) is 0 Å². The zero-order chi connectivity index (χ0) is 14.2. The van der Waals surface area contributed by atoms with Gasteiger partial charge < -0.3 is 4.90 Å². The highest BCUT2D eigenvalue weighted by atomic mass is 15.2. The van der Waals surface area contributed by atoms with Crippen LogP contribution in [0.5, 0.6) is 0 Å². The van der Waals surface area contributed by atoms with Crippen LogP contribution in [0.15, 0.2) is 0 Å². The monoisotopic (exact) mass is 260 g/mol. The molecule has 1 N–H and O–H groups in total. The molecule has 1 heteroatoms. The van der Waals surface area contributed by atoms with E-state index in [1.54, 1.807) is 10.5 Å². The minimum absolute atomic E-state index is 0.828. The molecular formula is C18H30N+. The molecule has 2 atom stereocenters. The van der Waals surface area contributed by atoms with Gasteiger partial charge in [-0.15, -0.1) is 0 Å². The highest BCUT2D eigenvalue weighted by molar-refractivity contribution is 5.49. The molecule has 0 spiro atoms. The molecule has 2 rings (SSSR count). The third kappa shape index (κ3) is 2.72. The summed E-state index contributed by atoms with van der Waals surface area (Å²) in [4.78, 5) is 1.79. The Labute approximate surface area is 119 Å². The van der Waals surface area contributed by atoms with Gasteiger partial charge in [-0.25, -0.2) is 0 Å². The van der Waals surface area contributed by atoms with E-state index in [-0.39, 0.29) is 0 Å². The first kappa shape index (κ1) is 14.6. The van der Waals surface area contributed by atoms with Crippen LogP contribution >= 0.6 is 0 Å². The van der Waals surface area contributed by atoms with Crippen LogP contribution in [-0.4, -0.2) is 12.6 Å². The van der Waals surface area contributed by atoms with Gasteiger partial charge in [-0.2, -0.15) is 0 Å². The molecule has 1 saturated heterocycles. The lowest BCUT2D eigenvalue weighted by Gasteiger charge is -2.32. The number of benzene rings is 1. The fraction of sp³-hybridized carbons (Fsp3) is 0.667. The fourth-order valence-electron chi connectivity index (χ4n) is 3.59. The summed E-state index contributed by atoms with van der Waals surface area (Å²) < 4.78 is 0. The minimum Gasteiger partial charge on any atom is -0.329 e. The Morgan fingerprint density at radius 1 is 0.842 bits per heavy atom. The molecule has 0 aliphatic carbocycles. The highest BCUT2D eigenvalue weighted by Crippen LogP contribution is 2.25. The normalized spacial score (nSPS) is 23.7. The molecule has 0 saturated carbocycles. The smallest absolute Gasteiger partial charge is 0.104 e. The van der Waals surface area contributed by atoms with Crippen molar-refractivity contribution in [2.75, 3.05) is 6.54 Å². The van der Waals surface area contributed by atoms with Crippen LogP contribution in [0, 0.1) is 34.6 Å².